The lowest BCUT2D eigenvalue weighted by Crippen LogP contribution is -2.10. The molecular formula is C7H4Br2F2S. The van der Waals surface area contributed by atoms with Crippen LogP contribution < -0.4 is 0 Å². The molecule has 0 aliphatic rings. The molecule has 12 heavy (non-hydrogen) atoms. The van der Waals surface area contributed by atoms with Gasteiger partial charge in [0.2, 0.25) is 0 Å². The second kappa shape index (κ2) is 3.98. The summed E-state index contributed by atoms with van der Waals surface area (Å²) in [7, 11) is 0. The molecule has 5 heteroatoms. The maximum Gasteiger partial charge on any atom is 0.314 e. The highest BCUT2D eigenvalue weighted by molar-refractivity contribution is 9.14. The predicted octanol–water partition coefficient (Wildman–Crippen LogP) is 4.47. The third-order valence-electron chi connectivity index (χ3n) is 1.23. The molecular weight excluding hydrogens is 314 g/mol. The molecule has 1 heterocycles. The molecule has 0 saturated heterocycles. The molecule has 0 aliphatic heterocycles. The summed E-state index contributed by atoms with van der Waals surface area (Å²) < 4.78 is 26.3. The fraction of sp³-hybridized carbons (Fsp3) is 0.143. The van der Waals surface area contributed by atoms with Crippen molar-refractivity contribution in [3.63, 3.8) is 0 Å². The van der Waals surface area contributed by atoms with Crippen molar-refractivity contribution in [2.45, 2.75) is 5.92 Å². The number of thiophene rings is 1. The Labute approximate surface area is 89.5 Å². The Morgan fingerprint density at radius 1 is 1.58 bits per heavy atom. The van der Waals surface area contributed by atoms with Gasteiger partial charge in [0.1, 0.15) is 0 Å². The van der Waals surface area contributed by atoms with Crippen molar-refractivity contribution < 1.29 is 8.78 Å². The minimum absolute atomic E-state index is 0.0325. The Hall–Kier alpha value is 0.260. The average molecular weight is 318 g/mol. The first-order valence-electron chi connectivity index (χ1n) is 2.97. The van der Waals surface area contributed by atoms with Crippen molar-refractivity contribution in [1.82, 2.24) is 0 Å². The lowest BCUT2D eigenvalue weighted by molar-refractivity contribution is 0.0530. The van der Waals surface area contributed by atoms with E-state index in [1.54, 1.807) is 11.4 Å². The lowest BCUT2D eigenvalue weighted by Gasteiger charge is -2.12. The molecule has 0 aliphatic carbocycles. The highest BCUT2D eigenvalue weighted by atomic mass is 79.9. The summed E-state index contributed by atoms with van der Waals surface area (Å²) in [4.78, 5) is 1.21. The minimum atomic E-state index is -2.92. The quantitative estimate of drug-likeness (QED) is 0.755. The first-order valence-corrected chi connectivity index (χ1v) is 5.56. The van der Waals surface area contributed by atoms with E-state index in [0.717, 1.165) is 11.3 Å². The van der Waals surface area contributed by atoms with Gasteiger partial charge >= 0.3 is 5.92 Å². The Morgan fingerprint density at radius 2 is 2.25 bits per heavy atom. The monoisotopic (exact) mass is 316 g/mol. The largest absolute Gasteiger partial charge is 0.314 e. The number of hydrogen-bond donors (Lipinski definition) is 0. The van der Waals surface area contributed by atoms with E-state index >= 15 is 0 Å². The molecule has 0 saturated carbocycles. The number of hydrogen-bond acceptors (Lipinski definition) is 1. The molecule has 1 aromatic heterocycles. The van der Waals surface area contributed by atoms with Crippen LogP contribution in [0.5, 0.6) is 0 Å². The van der Waals surface area contributed by atoms with Crippen LogP contribution in [0, 0.1) is 0 Å². The predicted molar refractivity (Wildman–Crippen MR) is 54.2 cm³/mol. The van der Waals surface area contributed by atoms with E-state index < -0.39 is 5.92 Å². The van der Waals surface area contributed by atoms with Gasteiger partial charge in [-0.3, -0.25) is 0 Å². The number of alkyl halides is 2. The van der Waals surface area contributed by atoms with E-state index in [1.807, 2.05) is 0 Å². The molecule has 0 radical (unpaired) electrons. The van der Waals surface area contributed by atoms with Gasteiger partial charge in [-0.15, -0.1) is 11.3 Å². The molecule has 0 bridgehead atoms. The summed E-state index contributed by atoms with van der Waals surface area (Å²) in [6.07, 6.45) is 0. The van der Waals surface area contributed by atoms with Crippen LogP contribution in [-0.2, 0) is 5.92 Å². The third kappa shape index (κ3) is 1.95. The third-order valence-corrected chi connectivity index (χ3v) is 3.97. The van der Waals surface area contributed by atoms with Gasteiger partial charge < -0.3 is 0 Å². The lowest BCUT2D eigenvalue weighted by atomic mass is 10.3. The normalized spacial score (nSPS) is 13.5. The summed E-state index contributed by atoms with van der Waals surface area (Å²) in [5.41, 5.74) is 0. The van der Waals surface area contributed by atoms with Gasteiger partial charge in [-0.1, -0.05) is 22.0 Å². The zero-order valence-electron chi connectivity index (χ0n) is 5.73. The topological polar surface area (TPSA) is 0 Å². The SMILES string of the molecule is FC(F)(/C(Br)=C/Br)c1cccs1. The summed E-state index contributed by atoms with van der Waals surface area (Å²) in [6, 6.07) is 3.00. The van der Waals surface area contributed by atoms with Crippen LogP contribution in [0.15, 0.2) is 27.0 Å². The molecule has 1 rings (SSSR count). The zero-order chi connectivity index (χ0) is 9.19. The molecule has 0 N–H and O–H groups in total. The maximum atomic E-state index is 13.2. The first kappa shape index (κ1) is 10.3. The zero-order valence-corrected chi connectivity index (χ0v) is 9.72. The van der Waals surface area contributed by atoms with Gasteiger partial charge in [-0.2, -0.15) is 8.78 Å². The van der Waals surface area contributed by atoms with Gasteiger partial charge in [0.25, 0.3) is 0 Å². The van der Waals surface area contributed by atoms with Gasteiger partial charge in [0.15, 0.2) is 0 Å². The summed E-state index contributed by atoms with van der Waals surface area (Å²) >= 11 is 6.67. The van der Waals surface area contributed by atoms with Crippen molar-refractivity contribution in [3.8, 4) is 0 Å². The van der Waals surface area contributed by atoms with Gasteiger partial charge in [0.05, 0.1) is 9.36 Å². The van der Waals surface area contributed by atoms with Crippen LogP contribution in [0.1, 0.15) is 4.88 Å². The summed E-state index contributed by atoms with van der Waals surface area (Å²) in [5.74, 6) is -2.92. The van der Waals surface area contributed by atoms with E-state index in [9.17, 15) is 8.78 Å². The van der Waals surface area contributed by atoms with Crippen molar-refractivity contribution in [1.29, 1.82) is 0 Å². The van der Waals surface area contributed by atoms with Gasteiger partial charge in [0, 0.05) is 0 Å². The van der Waals surface area contributed by atoms with Crippen LogP contribution in [-0.4, -0.2) is 0 Å². The van der Waals surface area contributed by atoms with Gasteiger partial charge in [-0.25, -0.2) is 0 Å². The molecule has 0 atom stereocenters. The molecule has 0 fully saturated rings. The van der Waals surface area contributed by atoms with Crippen molar-refractivity contribution in [3.05, 3.63) is 31.9 Å². The maximum absolute atomic E-state index is 13.2. The van der Waals surface area contributed by atoms with Crippen LogP contribution in [0.4, 0.5) is 8.78 Å². The summed E-state index contributed by atoms with van der Waals surface area (Å²) in [5, 5.41) is 1.62. The van der Waals surface area contributed by atoms with Crippen LogP contribution >= 0.6 is 43.2 Å². The number of allylic oxidation sites excluding steroid dienone is 1. The Balaban J connectivity index is 3.02. The van der Waals surface area contributed by atoms with Crippen molar-refractivity contribution in [2.24, 2.45) is 0 Å². The smallest absolute Gasteiger partial charge is 0.194 e. The van der Waals surface area contributed by atoms with E-state index in [4.69, 9.17) is 0 Å². The standard InChI is InChI=1S/C7H4Br2F2S/c8-4-5(9)7(10,11)6-2-1-3-12-6/h1-4H/b5-4-. The minimum Gasteiger partial charge on any atom is -0.194 e. The van der Waals surface area contributed by atoms with E-state index in [2.05, 4.69) is 31.9 Å². The number of halogens is 4. The van der Waals surface area contributed by atoms with E-state index in [0.29, 0.717) is 0 Å². The Kier molecular flexibility index (Phi) is 3.43. The second-order valence-electron chi connectivity index (χ2n) is 2.01. The fourth-order valence-corrected chi connectivity index (χ4v) is 1.99. The molecule has 0 nitrogen and oxygen atoms in total. The first-order chi connectivity index (χ1) is 5.59. The second-order valence-corrected chi connectivity index (χ2v) is 4.27. The molecule has 0 amide bonds. The van der Waals surface area contributed by atoms with Crippen molar-refractivity contribution in [2.75, 3.05) is 0 Å². The molecule has 0 aromatic carbocycles. The Morgan fingerprint density at radius 3 is 2.67 bits per heavy atom. The molecule has 0 unspecified atom stereocenters. The molecule has 66 valence electrons. The van der Waals surface area contributed by atoms with Gasteiger partial charge in [-0.05, 0) is 32.4 Å². The van der Waals surface area contributed by atoms with E-state index in [1.165, 1.54) is 11.1 Å². The highest BCUT2D eigenvalue weighted by Crippen LogP contribution is 2.41. The van der Waals surface area contributed by atoms with Crippen molar-refractivity contribution >= 4 is 43.2 Å². The molecule has 0 spiro atoms. The van der Waals surface area contributed by atoms with Crippen LogP contribution in [0.2, 0.25) is 0 Å². The number of rotatable bonds is 2. The van der Waals surface area contributed by atoms with E-state index in [-0.39, 0.29) is 9.36 Å². The highest BCUT2D eigenvalue weighted by Gasteiger charge is 2.35. The Bertz CT molecular complexity index is 280. The van der Waals surface area contributed by atoms with Crippen LogP contribution in [0.25, 0.3) is 0 Å². The van der Waals surface area contributed by atoms with Crippen LogP contribution in [0.3, 0.4) is 0 Å². The molecule has 1 aromatic rings. The average Bonchev–Trinajstić information content (AvgIpc) is 2.55. The summed E-state index contributed by atoms with van der Waals surface area (Å²) in [6.45, 7) is 0. The fourth-order valence-electron chi connectivity index (χ4n) is 0.643.